The third-order valence-electron chi connectivity index (χ3n) is 5.55. The molecular weight excluding hydrogens is 368 g/mol. The van der Waals surface area contributed by atoms with Crippen LogP contribution >= 0.6 is 11.3 Å². The average molecular weight is 392 g/mol. The summed E-state index contributed by atoms with van der Waals surface area (Å²) in [6.45, 7) is 3.91. The van der Waals surface area contributed by atoms with E-state index < -0.39 is 0 Å². The highest BCUT2D eigenvalue weighted by atomic mass is 32.1. The Morgan fingerprint density at radius 3 is 2.79 bits per heavy atom. The number of carbonyl (C=O) groups excluding carboxylic acids is 1. The van der Waals surface area contributed by atoms with Crippen LogP contribution in [0.4, 0.5) is 5.69 Å². The first-order chi connectivity index (χ1) is 13.6. The minimum atomic E-state index is -0.123. The van der Waals surface area contributed by atoms with Gasteiger partial charge in [-0.05, 0) is 37.3 Å². The first-order valence-electron chi connectivity index (χ1n) is 9.65. The lowest BCUT2D eigenvalue weighted by Gasteiger charge is -2.31. The van der Waals surface area contributed by atoms with Gasteiger partial charge >= 0.3 is 0 Å². The molecule has 5 nitrogen and oxygen atoms in total. The van der Waals surface area contributed by atoms with Gasteiger partial charge in [-0.1, -0.05) is 18.2 Å². The van der Waals surface area contributed by atoms with Crippen molar-refractivity contribution in [2.75, 3.05) is 18.4 Å². The summed E-state index contributed by atoms with van der Waals surface area (Å²) in [7, 11) is 0. The van der Waals surface area contributed by atoms with Gasteiger partial charge in [-0.3, -0.25) is 4.79 Å². The highest BCUT2D eigenvalue weighted by Gasteiger charge is 2.31. The van der Waals surface area contributed by atoms with Crippen LogP contribution in [-0.4, -0.2) is 30.0 Å². The summed E-state index contributed by atoms with van der Waals surface area (Å²) in [5.74, 6) is 0.493. The van der Waals surface area contributed by atoms with Crippen LogP contribution in [-0.2, 0) is 4.79 Å². The Morgan fingerprint density at radius 1 is 1.25 bits per heavy atom. The van der Waals surface area contributed by atoms with E-state index in [-0.39, 0.29) is 11.9 Å². The van der Waals surface area contributed by atoms with Crippen LogP contribution in [0.1, 0.15) is 36.3 Å². The maximum atomic E-state index is 12.7. The molecule has 0 bridgehead atoms. The van der Waals surface area contributed by atoms with Gasteiger partial charge in [0.2, 0.25) is 0 Å². The van der Waals surface area contributed by atoms with Crippen molar-refractivity contribution in [3.05, 3.63) is 59.1 Å². The topological polar surface area (TPSA) is 70.2 Å². The van der Waals surface area contributed by atoms with E-state index in [2.05, 4.69) is 29.6 Å². The second-order valence-corrected chi connectivity index (χ2v) is 8.42. The summed E-state index contributed by atoms with van der Waals surface area (Å²) < 4.78 is 1.25. The molecule has 1 amide bonds. The van der Waals surface area contributed by atoms with Gasteiger partial charge in [-0.25, -0.2) is 4.98 Å². The first kappa shape index (κ1) is 18.6. The molecule has 1 fully saturated rings. The number of anilines is 1. The van der Waals surface area contributed by atoms with Gasteiger partial charge in [0.15, 0.2) is 6.04 Å². The lowest BCUT2D eigenvalue weighted by Crippen LogP contribution is -3.17. The SMILES string of the molecule is C[C@@H](C(=O)Nc1cccc(C#N)c1)[NH+]1CCC(c2nc3ccccc3s2)CC1. The number of quaternary nitrogens is 1. The number of thiazole rings is 1. The van der Waals surface area contributed by atoms with E-state index in [0.29, 0.717) is 17.2 Å². The number of aromatic nitrogens is 1. The van der Waals surface area contributed by atoms with E-state index in [0.717, 1.165) is 31.4 Å². The van der Waals surface area contributed by atoms with E-state index in [1.807, 2.05) is 19.1 Å². The van der Waals surface area contributed by atoms with Crippen LogP contribution in [0.2, 0.25) is 0 Å². The van der Waals surface area contributed by atoms with Gasteiger partial charge in [0.25, 0.3) is 5.91 Å². The largest absolute Gasteiger partial charge is 0.325 e. The quantitative estimate of drug-likeness (QED) is 0.718. The minimum Gasteiger partial charge on any atom is -0.325 e. The highest BCUT2D eigenvalue weighted by molar-refractivity contribution is 7.18. The van der Waals surface area contributed by atoms with Crippen molar-refractivity contribution in [2.45, 2.75) is 31.7 Å². The molecule has 3 aromatic rings. The van der Waals surface area contributed by atoms with Crippen LogP contribution in [0.3, 0.4) is 0 Å². The lowest BCUT2D eigenvalue weighted by atomic mass is 9.96. The van der Waals surface area contributed by atoms with Gasteiger partial charge in [0, 0.05) is 24.4 Å². The number of nitriles is 1. The maximum absolute atomic E-state index is 12.7. The van der Waals surface area contributed by atoms with Crippen molar-refractivity contribution in [3.8, 4) is 6.07 Å². The molecule has 0 unspecified atom stereocenters. The fraction of sp³-hybridized carbons (Fsp3) is 0.318. The zero-order valence-corrected chi connectivity index (χ0v) is 16.6. The summed E-state index contributed by atoms with van der Waals surface area (Å²) in [6.07, 6.45) is 2.10. The number of nitrogens with one attached hydrogen (secondary N) is 2. The normalized spacial score (nSPS) is 20.4. The molecule has 1 aliphatic rings. The summed E-state index contributed by atoms with van der Waals surface area (Å²) in [6, 6.07) is 17.3. The molecule has 0 aliphatic carbocycles. The lowest BCUT2D eigenvalue weighted by molar-refractivity contribution is -0.919. The van der Waals surface area contributed by atoms with Crippen molar-refractivity contribution in [3.63, 3.8) is 0 Å². The highest BCUT2D eigenvalue weighted by Crippen LogP contribution is 2.31. The van der Waals surface area contributed by atoms with Gasteiger partial charge in [0.1, 0.15) is 0 Å². The molecule has 28 heavy (non-hydrogen) atoms. The Kier molecular flexibility index (Phi) is 5.38. The molecule has 1 atom stereocenters. The van der Waals surface area contributed by atoms with Crippen molar-refractivity contribution in [1.29, 1.82) is 5.26 Å². The van der Waals surface area contributed by atoms with E-state index in [4.69, 9.17) is 10.2 Å². The second-order valence-electron chi connectivity index (χ2n) is 7.36. The number of likely N-dealkylation sites (tertiary alicyclic amines) is 1. The van der Waals surface area contributed by atoms with Crippen molar-refractivity contribution in [1.82, 2.24) is 4.98 Å². The molecule has 142 valence electrons. The Bertz CT molecular complexity index is 997. The summed E-state index contributed by atoms with van der Waals surface area (Å²) >= 11 is 1.80. The molecule has 0 saturated carbocycles. The molecule has 2 N–H and O–H groups in total. The van der Waals surface area contributed by atoms with Gasteiger partial charge in [-0.15, -0.1) is 11.3 Å². The smallest absolute Gasteiger partial charge is 0.282 e. The molecule has 0 radical (unpaired) electrons. The molecule has 1 aliphatic heterocycles. The van der Waals surface area contributed by atoms with E-state index in [1.165, 1.54) is 14.6 Å². The third-order valence-corrected chi connectivity index (χ3v) is 6.75. The zero-order chi connectivity index (χ0) is 19.5. The number of para-hydroxylation sites is 1. The van der Waals surface area contributed by atoms with E-state index >= 15 is 0 Å². The third kappa shape index (κ3) is 3.91. The number of fused-ring (bicyclic) bond motifs is 1. The Morgan fingerprint density at radius 2 is 2.04 bits per heavy atom. The van der Waals surface area contributed by atoms with Crippen molar-refractivity contribution < 1.29 is 9.69 Å². The predicted molar refractivity (Wildman–Crippen MR) is 112 cm³/mol. The molecule has 0 spiro atoms. The molecule has 2 heterocycles. The van der Waals surface area contributed by atoms with Crippen LogP contribution in [0.5, 0.6) is 0 Å². The van der Waals surface area contributed by atoms with Crippen molar-refractivity contribution >= 4 is 33.1 Å². The summed E-state index contributed by atoms with van der Waals surface area (Å²) in [5.41, 5.74) is 2.32. The van der Waals surface area contributed by atoms with Gasteiger partial charge in [0.05, 0.1) is 39.9 Å². The molecule has 1 saturated heterocycles. The predicted octanol–water partition coefficient (Wildman–Crippen LogP) is 2.96. The number of hydrogen-bond donors (Lipinski definition) is 2. The van der Waals surface area contributed by atoms with Crippen LogP contribution in [0.15, 0.2) is 48.5 Å². The number of piperidine rings is 1. The van der Waals surface area contributed by atoms with Gasteiger partial charge in [-0.2, -0.15) is 5.26 Å². The zero-order valence-electron chi connectivity index (χ0n) is 15.8. The maximum Gasteiger partial charge on any atom is 0.282 e. The summed E-state index contributed by atoms with van der Waals surface area (Å²) in [5, 5.41) is 13.2. The van der Waals surface area contributed by atoms with Crippen LogP contribution in [0.25, 0.3) is 10.2 Å². The Hall–Kier alpha value is -2.75. The van der Waals surface area contributed by atoms with E-state index in [9.17, 15) is 4.79 Å². The number of nitrogens with zero attached hydrogens (tertiary/aromatic N) is 2. The number of benzene rings is 2. The van der Waals surface area contributed by atoms with Crippen LogP contribution in [0, 0.1) is 11.3 Å². The monoisotopic (exact) mass is 391 g/mol. The van der Waals surface area contributed by atoms with Gasteiger partial charge < -0.3 is 10.2 Å². The average Bonchev–Trinajstić information content (AvgIpc) is 3.17. The fourth-order valence-electron chi connectivity index (χ4n) is 3.84. The Labute approximate surface area is 168 Å². The Balaban J connectivity index is 1.36. The fourth-order valence-corrected chi connectivity index (χ4v) is 4.97. The number of amides is 1. The number of carbonyl (C=O) groups is 1. The van der Waals surface area contributed by atoms with Crippen LogP contribution < -0.4 is 10.2 Å². The summed E-state index contributed by atoms with van der Waals surface area (Å²) in [4.78, 5) is 18.8. The van der Waals surface area contributed by atoms with Crippen molar-refractivity contribution in [2.24, 2.45) is 0 Å². The molecule has 6 heteroatoms. The molecular formula is C22H23N4OS+. The second kappa shape index (κ2) is 8.09. The molecule has 4 rings (SSSR count). The molecule has 1 aromatic heterocycles. The van der Waals surface area contributed by atoms with E-state index in [1.54, 1.807) is 29.5 Å². The standard InChI is InChI=1S/C22H22N4OS/c1-15(21(27)24-18-6-4-5-16(13-18)14-23)26-11-9-17(10-12-26)22-25-19-7-2-3-8-20(19)28-22/h2-8,13,15,17H,9-12H2,1H3,(H,24,27)/p+1/t15-/m0/s1. The minimum absolute atomic E-state index is 0.00327. The first-order valence-corrected chi connectivity index (χ1v) is 10.5. The number of hydrogen-bond acceptors (Lipinski definition) is 4. The number of rotatable bonds is 4. The molecule has 2 aromatic carbocycles.